The predicted molar refractivity (Wildman–Crippen MR) is 49.2 cm³/mol. The highest BCUT2D eigenvalue weighted by atomic mass is 16.8. The zero-order valence-corrected chi connectivity index (χ0v) is 8.96. The molecule has 0 aliphatic heterocycles. The van der Waals surface area contributed by atoms with E-state index in [1.54, 1.807) is 0 Å². The number of ether oxygens (including phenoxy) is 4. The van der Waals surface area contributed by atoms with E-state index in [0.717, 1.165) is 0 Å². The van der Waals surface area contributed by atoms with Gasteiger partial charge in [0.25, 0.3) is 0 Å². The second kappa shape index (κ2) is 7.26. The summed E-state index contributed by atoms with van der Waals surface area (Å²) in [6, 6.07) is 0. The summed E-state index contributed by atoms with van der Waals surface area (Å²) in [5.74, 6) is 0. The molecule has 0 unspecified atom stereocenters. The van der Waals surface area contributed by atoms with Crippen LogP contribution < -0.4 is 0 Å². The average molecular weight is 192 g/mol. The minimum absolute atomic E-state index is 0.167. The van der Waals surface area contributed by atoms with Gasteiger partial charge in [0.2, 0.25) is 0 Å². The van der Waals surface area contributed by atoms with Crippen LogP contribution in [0.15, 0.2) is 0 Å². The minimum atomic E-state index is -0.167. The van der Waals surface area contributed by atoms with Crippen molar-refractivity contribution in [1.29, 1.82) is 0 Å². The van der Waals surface area contributed by atoms with Crippen molar-refractivity contribution in [1.82, 2.24) is 0 Å². The second-order valence-corrected chi connectivity index (χ2v) is 3.51. The third kappa shape index (κ3) is 11.8. The van der Waals surface area contributed by atoms with Crippen molar-refractivity contribution < 1.29 is 18.9 Å². The van der Waals surface area contributed by atoms with Gasteiger partial charge in [0.05, 0.1) is 5.60 Å². The molecule has 0 rings (SSSR count). The van der Waals surface area contributed by atoms with E-state index in [1.807, 2.05) is 27.7 Å². The van der Waals surface area contributed by atoms with Crippen LogP contribution in [0.25, 0.3) is 0 Å². The van der Waals surface area contributed by atoms with Crippen molar-refractivity contribution >= 4 is 0 Å². The molecule has 0 bridgehead atoms. The van der Waals surface area contributed by atoms with Crippen molar-refractivity contribution in [2.45, 2.75) is 33.3 Å². The van der Waals surface area contributed by atoms with E-state index >= 15 is 0 Å². The third-order valence-corrected chi connectivity index (χ3v) is 1.11. The molecule has 0 heterocycles. The van der Waals surface area contributed by atoms with Crippen LogP contribution in [-0.4, -0.2) is 32.6 Å². The molecule has 0 aliphatic rings. The monoisotopic (exact) mass is 192 g/mol. The van der Waals surface area contributed by atoms with Crippen LogP contribution in [0.5, 0.6) is 0 Å². The first kappa shape index (κ1) is 12.8. The molecule has 0 aromatic heterocycles. The van der Waals surface area contributed by atoms with Gasteiger partial charge in [0.1, 0.15) is 13.6 Å². The van der Waals surface area contributed by atoms with Gasteiger partial charge in [0.15, 0.2) is 6.79 Å². The summed E-state index contributed by atoms with van der Waals surface area (Å²) in [6.45, 7) is 9.19. The molecule has 0 aromatic rings. The fourth-order valence-electron chi connectivity index (χ4n) is 0.488. The fraction of sp³-hybridized carbons (Fsp3) is 1.00. The molecule has 0 amide bonds. The third-order valence-electron chi connectivity index (χ3n) is 1.11. The lowest BCUT2D eigenvalue weighted by Gasteiger charge is -2.19. The molecule has 0 atom stereocenters. The van der Waals surface area contributed by atoms with Gasteiger partial charge in [-0.1, -0.05) is 0 Å². The summed E-state index contributed by atoms with van der Waals surface area (Å²) in [7, 11) is 0. The first-order valence-corrected chi connectivity index (χ1v) is 4.43. The minimum Gasteiger partial charge on any atom is -0.356 e. The maximum absolute atomic E-state index is 5.29. The largest absolute Gasteiger partial charge is 0.356 e. The van der Waals surface area contributed by atoms with Crippen molar-refractivity contribution in [3.05, 3.63) is 0 Å². The van der Waals surface area contributed by atoms with E-state index in [4.69, 9.17) is 18.9 Å². The summed E-state index contributed by atoms with van der Waals surface area (Å²) < 4.78 is 20.2. The second-order valence-electron chi connectivity index (χ2n) is 3.51. The van der Waals surface area contributed by atoms with Crippen molar-refractivity contribution in [2.75, 3.05) is 27.0 Å². The van der Waals surface area contributed by atoms with Gasteiger partial charge < -0.3 is 18.9 Å². The Labute approximate surface area is 80.1 Å². The summed E-state index contributed by atoms with van der Waals surface area (Å²) in [6.07, 6.45) is 0. The Bertz CT molecular complexity index is 109. The summed E-state index contributed by atoms with van der Waals surface area (Å²) >= 11 is 0. The van der Waals surface area contributed by atoms with Crippen LogP contribution in [0.4, 0.5) is 0 Å². The first-order valence-electron chi connectivity index (χ1n) is 4.43. The van der Waals surface area contributed by atoms with Gasteiger partial charge in [-0.3, -0.25) is 0 Å². The molecule has 0 saturated carbocycles. The Morgan fingerprint density at radius 3 is 1.92 bits per heavy atom. The topological polar surface area (TPSA) is 36.9 Å². The number of hydrogen-bond acceptors (Lipinski definition) is 4. The Kier molecular flexibility index (Phi) is 7.17. The molecule has 0 spiro atoms. The summed E-state index contributed by atoms with van der Waals surface area (Å²) in [4.78, 5) is 0. The molecule has 0 aliphatic carbocycles. The van der Waals surface area contributed by atoms with E-state index in [2.05, 4.69) is 0 Å². The van der Waals surface area contributed by atoms with Crippen molar-refractivity contribution in [3.8, 4) is 0 Å². The van der Waals surface area contributed by atoms with Gasteiger partial charge in [-0.15, -0.1) is 0 Å². The van der Waals surface area contributed by atoms with Crippen LogP contribution in [0.2, 0.25) is 0 Å². The van der Waals surface area contributed by atoms with Gasteiger partial charge >= 0.3 is 0 Å². The van der Waals surface area contributed by atoms with Crippen molar-refractivity contribution in [3.63, 3.8) is 0 Å². The predicted octanol–water partition coefficient (Wildman–Crippen LogP) is 1.74. The molecule has 4 nitrogen and oxygen atoms in total. The Balaban J connectivity index is 3.00. The Morgan fingerprint density at radius 2 is 1.38 bits per heavy atom. The highest BCUT2D eigenvalue weighted by molar-refractivity contribution is 4.56. The highest BCUT2D eigenvalue weighted by Gasteiger charge is 2.08. The van der Waals surface area contributed by atoms with Gasteiger partial charge in [0, 0.05) is 6.61 Å². The molecule has 13 heavy (non-hydrogen) atoms. The molecule has 0 N–H and O–H groups in total. The fourth-order valence-corrected chi connectivity index (χ4v) is 0.488. The van der Waals surface area contributed by atoms with E-state index in [-0.39, 0.29) is 26.0 Å². The molecular weight excluding hydrogens is 172 g/mol. The lowest BCUT2D eigenvalue weighted by molar-refractivity contribution is -0.190. The van der Waals surface area contributed by atoms with Gasteiger partial charge in [-0.05, 0) is 27.7 Å². The lowest BCUT2D eigenvalue weighted by atomic mass is 10.2. The number of rotatable bonds is 7. The molecule has 4 heteroatoms. The van der Waals surface area contributed by atoms with E-state index in [1.165, 1.54) is 0 Å². The quantitative estimate of drug-likeness (QED) is 0.455. The Morgan fingerprint density at radius 1 is 0.846 bits per heavy atom. The zero-order valence-electron chi connectivity index (χ0n) is 8.96. The van der Waals surface area contributed by atoms with E-state index < -0.39 is 0 Å². The van der Waals surface area contributed by atoms with E-state index in [0.29, 0.717) is 6.61 Å². The Hall–Kier alpha value is -0.160. The smallest absolute Gasteiger partial charge is 0.152 e. The summed E-state index contributed by atoms with van der Waals surface area (Å²) in [5, 5.41) is 0. The molecular formula is C9H20O4. The molecule has 0 saturated heterocycles. The SMILES string of the molecule is CCOCOCOCOC(C)(C)C. The maximum Gasteiger partial charge on any atom is 0.152 e. The van der Waals surface area contributed by atoms with Crippen molar-refractivity contribution in [2.24, 2.45) is 0 Å². The van der Waals surface area contributed by atoms with Crippen LogP contribution in [0.1, 0.15) is 27.7 Å². The standard InChI is InChI=1S/C9H20O4/c1-5-10-6-11-7-12-8-13-9(2,3)4/h5-8H2,1-4H3. The van der Waals surface area contributed by atoms with Crippen LogP contribution >= 0.6 is 0 Å². The van der Waals surface area contributed by atoms with Gasteiger partial charge in [-0.2, -0.15) is 0 Å². The van der Waals surface area contributed by atoms with Gasteiger partial charge in [-0.25, -0.2) is 0 Å². The first-order chi connectivity index (χ1) is 6.06. The lowest BCUT2D eigenvalue weighted by Crippen LogP contribution is -2.21. The zero-order chi connectivity index (χ0) is 10.2. The molecule has 80 valence electrons. The maximum atomic E-state index is 5.29. The summed E-state index contributed by atoms with van der Waals surface area (Å²) in [5.41, 5.74) is -0.167. The van der Waals surface area contributed by atoms with E-state index in [9.17, 15) is 0 Å². The molecule has 0 fully saturated rings. The number of hydrogen-bond donors (Lipinski definition) is 0. The van der Waals surface area contributed by atoms with Crippen LogP contribution in [0, 0.1) is 0 Å². The molecule has 0 aromatic carbocycles. The van der Waals surface area contributed by atoms with Crippen LogP contribution in [0.3, 0.4) is 0 Å². The normalized spacial score (nSPS) is 12.0. The highest BCUT2D eigenvalue weighted by Crippen LogP contribution is 2.05. The van der Waals surface area contributed by atoms with Crippen LogP contribution in [-0.2, 0) is 18.9 Å². The average Bonchev–Trinajstić information content (AvgIpc) is 2.01. The molecule has 0 radical (unpaired) electrons.